The van der Waals surface area contributed by atoms with E-state index < -0.39 is 0 Å². The van der Waals surface area contributed by atoms with E-state index in [2.05, 4.69) is 66.3 Å². The lowest BCUT2D eigenvalue weighted by Crippen LogP contribution is -2.52. The van der Waals surface area contributed by atoms with Crippen LogP contribution in [0.4, 0.5) is 0 Å². The summed E-state index contributed by atoms with van der Waals surface area (Å²) in [5.41, 5.74) is 1.42. The number of nitrogens with zero attached hydrogens (tertiary/aromatic N) is 2. The van der Waals surface area contributed by atoms with E-state index in [1.54, 1.807) is 0 Å². The Hall–Kier alpha value is -0.900. The summed E-state index contributed by atoms with van der Waals surface area (Å²) < 4.78 is 0. The van der Waals surface area contributed by atoms with Crippen molar-refractivity contribution in [1.82, 2.24) is 15.1 Å². The lowest BCUT2D eigenvalue weighted by molar-refractivity contribution is 0.0881. The maximum absolute atomic E-state index is 3.70. The van der Waals surface area contributed by atoms with Crippen LogP contribution in [-0.4, -0.2) is 55.6 Å². The van der Waals surface area contributed by atoms with Crippen molar-refractivity contribution in [3.05, 3.63) is 35.9 Å². The number of rotatable bonds is 6. The molecule has 1 fully saturated rings. The highest BCUT2D eigenvalue weighted by atomic mass is 15.3. The van der Waals surface area contributed by atoms with Crippen LogP contribution in [0.5, 0.6) is 0 Å². The molecule has 0 saturated carbocycles. The van der Waals surface area contributed by atoms with Crippen molar-refractivity contribution in [3.63, 3.8) is 0 Å². The largest absolute Gasteiger partial charge is 0.309 e. The van der Waals surface area contributed by atoms with Crippen LogP contribution < -0.4 is 5.32 Å². The minimum Gasteiger partial charge on any atom is -0.309 e. The second-order valence-corrected chi connectivity index (χ2v) is 5.76. The summed E-state index contributed by atoms with van der Waals surface area (Å²) >= 11 is 0. The molecule has 0 amide bonds. The average Bonchev–Trinajstić information content (AvgIpc) is 2.50. The normalized spacial score (nSPS) is 20.8. The molecule has 1 aromatic rings. The molecule has 1 N–H and O–H groups in total. The first kappa shape index (κ1) is 15.5. The Morgan fingerprint density at radius 1 is 1.05 bits per heavy atom. The Bertz CT molecular complexity index is 371. The molecule has 2 atom stereocenters. The van der Waals surface area contributed by atoms with Gasteiger partial charge in [-0.25, -0.2) is 0 Å². The molecule has 0 aromatic heterocycles. The average molecular weight is 275 g/mol. The molecule has 3 nitrogen and oxygen atoms in total. The number of likely N-dealkylation sites (N-methyl/N-ethyl adjacent to an activating group) is 2. The van der Waals surface area contributed by atoms with Crippen LogP contribution in [0.1, 0.15) is 31.9 Å². The van der Waals surface area contributed by atoms with Crippen molar-refractivity contribution in [2.45, 2.75) is 32.4 Å². The van der Waals surface area contributed by atoms with Gasteiger partial charge in [0.15, 0.2) is 0 Å². The van der Waals surface area contributed by atoms with Crippen molar-refractivity contribution >= 4 is 0 Å². The molecule has 20 heavy (non-hydrogen) atoms. The third-order valence-corrected chi connectivity index (χ3v) is 4.39. The molecule has 0 radical (unpaired) electrons. The summed E-state index contributed by atoms with van der Waals surface area (Å²) in [4.78, 5) is 5.09. The zero-order chi connectivity index (χ0) is 14.4. The summed E-state index contributed by atoms with van der Waals surface area (Å²) in [5, 5.41) is 3.70. The van der Waals surface area contributed by atoms with Crippen molar-refractivity contribution in [3.8, 4) is 0 Å². The molecule has 1 saturated heterocycles. The second kappa shape index (κ2) is 7.77. The van der Waals surface area contributed by atoms with Gasteiger partial charge in [-0.1, -0.05) is 44.2 Å². The minimum absolute atomic E-state index is 0.439. The highest BCUT2D eigenvalue weighted by molar-refractivity contribution is 5.21. The number of piperazine rings is 1. The second-order valence-electron chi connectivity index (χ2n) is 5.76. The fourth-order valence-electron chi connectivity index (χ4n) is 3.21. The Kier molecular flexibility index (Phi) is 6.02. The smallest absolute Gasteiger partial charge is 0.0477 e. The molecular formula is C17H29N3. The van der Waals surface area contributed by atoms with E-state index in [4.69, 9.17) is 0 Å². The predicted molar refractivity (Wildman–Crippen MR) is 86.0 cm³/mol. The van der Waals surface area contributed by atoms with E-state index in [-0.39, 0.29) is 0 Å². The van der Waals surface area contributed by atoms with Gasteiger partial charge in [0.2, 0.25) is 0 Å². The lowest BCUT2D eigenvalue weighted by Gasteiger charge is -2.41. The molecule has 112 valence electrons. The van der Waals surface area contributed by atoms with Crippen LogP contribution in [0.15, 0.2) is 30.3 Å². The minimum atomic E-state index is 0.439. The van der Waals surface area contributed by atoms with Crippen molar-refractivity contribution in [2.24, 2.45) is 0 Å². The molecule has 1 aliphatic heterocycles. The molecule has 0 aliphatic carbocycles. The van der Waals surface area contributed by atoms with E-state index >= 15 is 0 Å². The number of hydrogen-bond donors (Lipinski definition) is 1. The fourth-order valence-corrected chi connectivity index (χ4v) is 3.21. The molecule has 2 unspecified atom stereocenters. The predicted octanol–water partition coefficient (Wildman–Crippen LogP) is 2.36. The third-order valence-electron chi connectivity index (χ3n) is 4.39. The van der Waals surface area contributed by atoms with Gasteiger partial charge in [-0.2, -0.15) is 0 Å². The summed E-state index contributed by atoms with van der Waals surface area (Å²) in [6, 6.07) is 11.9. The first-order chi connectivity index (χ1) is 9.76. The summed E-state index contributed by atoms with van der Waals surface area (Å²) in [7, 11) is 2.22. The van der Waals surface area contributed by atoms with Gasteiger partial charge in [-0.05, 0) is 25.6 Å². The van der Waals surface area contributed by atoms with Crippen LogP contribution in [-0.2, 0) is 0 Å². The molecule has 1 aliphatic rings. The van der Waals surface area contributed by atoms with Gasteiger partial charge in [-0.15, -0.1) is 0 Å². The molecule has 1 heterocycles. The number of hydrogen-bond acceptors (Lipinski definition) is 3. The fraction of sp³-hybridized carbons (Fsp3) is 0.647. The first-order valence-electron chi connectivity index (χ1n) is 7.97. The van der Waals surface area contributed by atoms with Gasteiger partial charge in [-0.3, -0.25) is 4.90 Å². The number of benzene rings is 1. The van der Waals surface area contributed by atoms with Crippen LogP contribution in [0, 0.1) is 0 Å². The van der Waals surface area contributed by atoms with E-state index in [0.29, 0.717) is 12.1 Å². The maximum atomic E-state index is 3.70. The molecule has 2 rings (SSSR count). The van der Waals surface area contributed by atoms with Gasteiger partial charge < -0.3 is 10.2 Å². The van der Waals surface area contributed by atoms with Crippen molar-refractivity contribution < 1.29 is 0 Å². The zero-order valence-corrected chi connectivity index (χ0v) is 13.2. The molecular weight excluding hydrogens is 246 g/mol. The van der Waals surface area contributed by atoms with Gasteiger partial charge in [0.1, 0.15) is 0 Å². The monoisotopic (exact) mass is 275 g/mol. The van der Waals surface area contributed by atoms with Crippen LogP contribution in [0.25, 0.3) is 0 Å². The topological polar surface area (TPSA) is 18.5 Å². The summed E-state index contributed by atoms with van der Waals surface area (Å²) in [6.45, 7) is 10.3. The Morgan fingerprint density at radius 2 is 1.70 bits per heavy atom. The van der Waals surface area contributed by atoms with Crippen molar-refractivity contribution in [2.75, 3.05) is 39.8 Å². The Balaban J connectivity index is 2.13. The third kappa shape index (κ3) is 3.81. The molecule has 3 heteroatoms. The van der Waals surface area contributed by atoms with Crippen LogP contribution in [0.3, 0.4) is 0 Å². The Labute approximate surface area is 124 Å². The first-order valence-corrected chi connectivity index (χ1v) is 7.97. The van der Waals surface area contributed by atoms with E-state index in [1.165, 1.54) is 38.2 Å². The molecule has 0 bridgehead atoms. The maximum Gasteiger partial charge on any atom is 0.0477 e. The highest BCUT2D eigenvalue weighted by Gasteiger charge is 2.28. The van der Waals surface area contributed by atoms with E-state index in [9.17, 15) is 0 Å². The van der Waals surface area contributed by atoms with Crippen molar-refractivity contribution in [1.29, 1.82) is 0 Å². The van der Waals surface area contributed by atoms with Gasteiger partial charge in [0, 0.05) is 38.3 Å². The van der Waals surface area contributed by atoms with Gasteiger partial charge in [0.25, 0.3) is 0 Å². The summed E-state index contributed by atoms with van der Waals surface area (Å²) in [5.74, 6) is 0. The lowest BCUT2D eigenvalue weighted by atomic mass is 9.95. The zero-order valence-electron chi connectivity index (χ0n) is 13.2. The van der Waals surface area contributed by atoms with Gasteiger partial charge >= 0.3 is 0 Å². The highest BCUT2D eigenvalue weighted by Crippen LogP contribution is 2.24. The Morgan fingerprint density at radius 3 is 2.25 bits per heavy atom. The standard InChI is InChI=1S/C17H29N3/c1-4-16(20-13-11-19(3)12-14-20)17(18-5-2)15-9-7-6-8-10-15/h6-10,16-18H,4-5,11-14H2,1-3H3. The SMILES string of the molecule is CCNC(c1ccccc1)C(CC)N1CCN(C)CC1. The van der Waals surface area contributed by atoms with E-state index in [0.717, 1.165) is 6.54 Å². The molecule has 0 spiro atoms. The van der Waals surface area contributed by atoms with Crippen LogP contribution >= 0.6 is 0 Å². The van der Waals surface area contributed by atoms with Gasteiger partial charge in [0.05, 0.1) is 0 Å². The molecule has 1 aromatic carbocycles. The summed E-state index contributed by atoms with van der Waals surface area (Å²) in [6.07, 6.45) is 1.19. The van der Waals surface area contributed by atoms with E-state index in [1.807, 2.05) is 0 Å². The van der Waals surface area contributed by atoms with Crippen LogP contribution in [0.2, 0.25) is 0 Å². The number of nitrogens with one attached hydrogen (secondary N) is 1. The quantitative estimate of drug-likeness (QED) is 0.860.